The number of hydrogen-bond acceptors (Lipinski definition) is 5. The first kappa shape index (κ1) is 13.1. The van der Waals surface area contributed by atoms with Crippen LogP contribution in [0, 0.1) is 0 Å². The van der Waals surface area contributed by atoms with Crippen molar-refractivity contribution < 1.29 is 4.79 Å². The van der Waals surface area contributed by atoms with Crippen LogP contribution in [0.3, 0.4) is 0 Å². The third kappa shape index (κ3) is 2.42. The van der Waals surface area contributed by atoms with Gasteiger partial charge in [-0.2, -0.15) is 0 Å². The zero-order chi connectivity index (χ0) is 15.6. The minimum atomic E-state index is -0.361. The number of nitrogens with zero attached hydrogens (tertiary/aromatic N) is 5. The Balaban J connectivity index is 1.79. The number of fused-ring (bicyclic) bond motifs is 1. The molecule has 23 heavy (non-hydrogen) atoms. The molecule has 8 nitrogen and oxygen atoms in total. The van der Waals surface area contributed by atoms with Crippen molar-refractivity contribution in [2.75, 3.05) is 5.32 Å². The lowest BCUT2D eigenvalue weighted by Gasteiger charge is -2.07. The van der Waals surface area contributed by atoms with E-state index in [9.17, 15) is 4.79 Å². The van der Waals surface area contributed by atoms with Gasteiger partial charge in [0.2, 0.25) is 5.95 Å². The van der Waals surface area contributed by atoms with E-state index in [-0.39, 0.29) is 11.6 Å². The van der Waals surface area contributed by atoms with E-state index in [1.165, 1.54) is 0 Å². The fraction of sp³-hybridized carbons (Fsp3) is 0. The van der Waals surface area contributed by atoms with Crippen molar-refractivity contribution in [2.45, 2.75) is 0 Å². The van der Waals surface area contributed by atoms with Gasteiger partial charge in [-0.3, -0.25) is 9.36 Å². The molecule has 0 radical (unpaired) electrons. The zero-order valence-electron chi connectivity index (χ0n) is 11.8. The summed E-state index contributed by atoms with van der Waals surface area (Å²) in [7, 11) is 0. The summed E-state index contributed by atoms with van der Waals surface area (Å²) in [6.45, 7) is 0. The Morgan fingerprint density at radius 2 is 2.13 bits per heavy atom. The predicted octanol–water partition coefficient (Wildman–Crippen LogP) is 1.79. The topological polar surface area (TPSA) is 101 Å². The van der Waals surface area contributed by atoms with Crippen molar-refractivity contribution in [3.8, 4) is 5.95 Å². The number of carbonyl (C=O) groups is 1. The highest BCUT2D eigenvalue weighted by Crippen LogP contribution is 2.17. The van der Waals surface area contributed by atoms with Gasteiger partial charge in [-0.15, -0.1) is 0 Å². The van der Waals surface area contributed by atoms with Crippen molar-refractivity contribution in [1.29, 1.82) is 0 Å². The Hall–Kier alpha value is -3.55. The number of amides is 1. The third-order valence-electron chi connectivity index (χ3n) is 3.25. The maximum absolute atomic E-state index is 12.6. The minimum Gasteiger partial charge on any atom is -0.358 e. The smallest absolute Gasteiger partial charge is 0.277 e. The van der Waals surface area contributed by atoms with Crippen LogP contribution in [-0.2, 0) is 0 Å². The molecule has 8 heteroatoms. The summed E-state index contributed by atoms with van der Waals surface area (Å²) in [5.41, 5.74) is 1.46. The Morgan fingerprint density at radius 3 is 2.91 bits per heavy atom. The van der Waals surface area contributed by atoms with E-state index >= 15 is 0 Å². The fourth-order valence-corrected chi connectivity index (χ4v) is 2.20. The van der Waals surface area contributed by atoms with Crippen molar-refractivity contribution in [1.82, 2.24) is 29.5 Å². The van der Waals surface area contributed by atoms with E-state index in [2.05, 4.69) is 30.2 Å². The first-order valence-electron chi connectivity index (χ1n) is 6.87. The predicted molar refractivity (Wildman–Crippen MR) is 83.2 cm³/mol. The molecule has 0 aliphatic heterocycles. The van der Waals surface area contributed by atoms with Crippen LogP contribution < -0.4 is 5.32 Å². The van der Waals surface area contributed by atoms with Gasteiger partial charge < -0.3 is 10.3 Å². The maximum Gasteiger partial charge on any atom is 0.277 e. The number of rotatable bonds is 3. The fourth-order valence-electron chi connectivity index (χ4n) is 2.20. The Bertz CT molecular complexity index is 960. The van der Waals surface area contributed by atoms with Crippen molar-refractivity contribution in [2.24, 2.45) is 0 Å². The number of imidazole rings is 1. The van der Waals surface area contributed by atoms with Crippen LogP contribution in [0.25, 0.3) is 17.0 Å². The zero-order valence-corrected chi connectivity index (χ0v) is 11.8. The third-order valence-corrected chi connectivity index (χ3v) is 3.25. The summed E-state index contributed by atoms with van der Waals surface area (Å²) in [6, 6.07) is 7.07. The molecule has 4 heterocycles. The molecule has 0 fully saturated rings. The van der Waals surface area contributed by atoms with Gasteiger partial charge in [-0.1, -0.05) is 6.07 Å². The standard InChI is InChI=1S/C15H11N7O/c23-14(20-11-3-1-2-5-17-11)13-12-10(4-6-18-12)19-15(21-13)22-8-7-16-9-22/h1-9,18H,(H,17,20,23). The minimum absolute atomic E-state index is 0.245. The number of aromatic amines is 1. The van der Waals surface area contributed by atoms with E-state index in [4.69, 9.17) is 0 Å². The van der Waals surface area contributed by atoms with Crippen molar-refractivity contribution >= 4 is 22.8 Å². The highest BCUT2D eigenvalue weighted by Gasteiger charge is 2.17. The lowest BCUT2D eigenvalue weighted by atomic mass is 10.3. The first-order chi connectivity index (χ1) is 11.3. The highest BCUT2D eigenvalue weighted by atomic mass is 16.2. The molecule has 4 rings (SSSR count). The highest BCUT2D eigenvalue weighted by molar-refractivity contribution is 6.09. The van der Waals surface area contributed by atoms with E-state index in [0.29, 0.717) is 22.8 Å². The van der Waals surface area contributed by atoms with Crippen LogP contribution in [0.1, 0.15) is 10.5 Å². The number of anilines is 1. The molecule has 0 aliphatic carbocycles. The molecule has 0 aliphatic rings. The quantitative estimate of drug-likeness (QED) is 0.601. The molecular formula is C15H11N7O. The Kier molecular flexibility index (Phi) is 3.05. The summed E-state index contributed by atoms with van der Waals surface area (Å²) < 4.78 is 1.64. The van der Waals surface area contributed by atoms with E-state index in [1.54, 1.807) is 59.9 Å². The second-order valence-electron chi connectivity index (χ2n) is 4.75. The van der Waals surface area contributed by atoms with Crippen LogP contribution in [0.15, 0.2) is 55.4 Å². The summed E-state index contributed by atoms with van der Waals surface area (Å²) >= 11 is 0. The van der Waals surface area contributed by atoms with E-state index in [1.807, 2.05) is 0 Å². The normalized spacial score (nSPS) is 10.8. The molecule has 4 aromatic heterocycles. The van der Waals surface area contributed by atoms with Gasteiger partial charge in [0.15, 0.2) is 5.69 Å². The van der Waals surface area contributed by atoms with Gasteiger partial charge in [0, 0.05) is 24.8 Å². The molecule has 0 bridgehead atoms. The summed E-state index contributed by atoms with van der Waals surface area (Å²) in [6.07, 6.45) is 8.24. The molecule has 1 amide bonds. The van der Waals surface area contributed by atoms with Crippen LogP contribution in [-0.4, -0.2) is 35.4 Å². The van der Waals surface area contributed by atoms with Crippen LogP contribution in [0.4, 0.5) is 5.82 Å². The lowest BCUT2D eigenvalue weighted by Crippen LogP contribution is -2.17. The lowest BCUT2D eigenvalue weighted by molar-refractivity contribution is 0.102. The van der Waals surface area contributed by atoms with Gasteiger partial charge in [0.1, 0.15) is 12.1 Å². The SMILES string of the molecule is O=C(Nc1ccccn1)c1nc(-n2ccnc2)nc2cc[nH]c12. The molecule has 2 N–H and O–H groups in total. The number of hydrogen-bond donors (Lipinski definition) is 2. The van der Waals surface area contributed by atoms with Gasteiger partial charge in [-0.25, -0.2) is 19.9 Å². The molecule has 0 unspecified atom stereocenters. The summed E-state index contributed by atoms with van der Waals surface area (Å²) in [5.74, 6) is 0.473. The summed E-state index contributed by atoms with van der Waals surface area (Å²) in [4.78, 5) is 32.4. The maximum atomic E-state index is 12.6. The molecule has 4 aromatic rings. The number of nitrogens with one attached hydrogen (secondary N) is 2. The van der Waals surface area contributed by atoms with E-state index < -0.39 is 0 Å². The Labute approximate surface area is 130 Å². The molecule has 0 aromatic carbocycles. The molecule has 0 saturated heterocycles. The Morgan fingerprint density at radius 1 is 1.17 bits per heavy atom. The largest absolute Gasteiger partial charge is 0.358 e. The molecule has 0 spiro atoms. The molecule has 112 valence electrons. The van der Waals surface area contributed by atoms with Gasteiger partial charge in [-0.05, 0) is 18.2 Å². The van der Waals surface area contributed by atoms with E-state index in [0.717, 1.165) is 0 Å². The van der Waals surface area contributed by atoms with Gasteiger partial charge in [0.05, 0.1) is 11.0 Å². The second kappa shape index (κ2) is 5.34. The summed E-state index contributed by atoms with van der Waals surface area (Å²) in [5, 5.41) is 2.73. The van der Waals surface area contributed by atoms with Crippen LogP contribution in [0.5, 0.6) is 0 Å². The number of carbonyl (C=O) groups excluding carboxylic acids is 1. The number of pyridine rings is 1. The molecule has 0 atom stereocenters. The first-order valence-corrected chi connectivity index (χ1v) is 6.87. The number of H-pyrrole nitrogens is 1. The average Bonchev–Trinajstić information content (AvgIpc) is 3.26. The van der Waals surface area contributed by atoms with Gasteiger partial charge in [0.25, 0.3) is 5.91 Å². The average molecular weight is 305 g/mol. The van der Waals surface area contributed by atoms with Crippen LogP contribution in [0.2, 0.25) is 0 Å². The van der Waals surface area contributed by atoms with Crippen molar-refractivity contribution in [3.05, 3.63) is 61.1 Å². The van der Waals surface area contributed by atoms with Crippen LogP contribution >= 0.6 is 0 Å². The second-order valence-corrected chi connectivity index (χ2v) is 4.75. The molecule has 0 saturated carbocycles. The van der Waals surface area contributed by atoms with Crippen molar-refractivity contribution in [3.63, 3.8) is 0 Å². The number of aromatic nitrogens is 6. The monoisotopic (exact) mass is 305 g/mol. The van der Waals surface area contributed by atoms with Gasteiger partial charge >= 0.3 is 0 Å². The molecular weight excluding hydrogens is 294 g/mol.